The van der Waals surface area contributed by atoms with E-state index in [1.165, 1.54) is 0 Å². The van der Waals surface area contributed by atoms with Gasteiger partial charge in [-0.1, -0.05) is 41.4 Å². The molecule has 134 valence electrons. The fourth-order valence-electron chi connectivity index (χ4n) is 3.07. The maximum Gasteiger partial charge on any atom is 0.319 e. The first-order chi connectivity index (χ1) is 12.3. The number of amides is 3. The van der Waals surface area contributed by atoms with Crippen molar-refractivity contribution in [2.24, 2.45) is 0 Å². The van der Waals surface area contributed by atoms with Gasteiger partial charge in [-0.3, -0.25) is 4.79 Å². The van der Waals surface area contributed by atoms with Gasteiger partial charge in [0.25, 0.3) is 5.91 Å². The Balaban J connectivity index is 1.97. The van der Waals surface area contributed by atoms with Crippen molar-refractivity contribution in [3.8, 4) is 0 Å². The highest BCUT2D eigenvalue weighted by molar-refractivity contribution is 6.30. The Labute approximate surface area is 157 Å². The highest BCUT2D eigenvalue weighted by atomic mass is 35.5. The topological polar surface area (TPSA) is 70.2 Å². The summed E-state index contributed by atoms with van der Waals surface area (Å²) in [5, 5.41) is 8.96. The SMILES string of the molecule is CC1=C(C(=O)Nc2ccc(C)cc2C)C(c2cccc(Cl)c2)NC(=O)N1. The van der Waals surface area contributed by atoms with Gasteiger partial charge in [-0.25, -0.2) is 4.79 Å². The van der Waals surface area contributed by atoms with Crippen LogP contribution in [0.15, 0.2) is 53.7 Å². The van der Waals surface area contributed by atoms with Crippen molar-refractivity contribution in [2.45, 2.75) is 26.8 Å². The maximum absolute atomic E-state index is 13.0. The smallest absolute Gasteiger partial charge is 0.319 e. The number of allylic oxidation sites excluding steroid dienone is 1. The third-order valence-electron chi connectivity index (χ3n) is 4.33. The third kappa shape index (κ3) is 3.73. The summed E-state index contributed by atoms with van der Waals surface area (Å²) >= 11 is 6.08. The zero-order chi connectivity index (χ0) is 18.8. The average Bonchev–Trinajstić information content (AvgIpc) is 2.56. The van der Waals surface area contributed by atoms with Crippen LogP contribution in [0.4, 0.5) is 10.5 Å². The van der Waals surface area contributed by atoms with Gasteiger partial charge >= 0.3 is 6.03 Å². The number of hydrogen-bond donors (Lipinski definition) is 3. The molecule has 0 aromatic heterocycles. The van der Waals surface area contributed by atoms with Crippen LogP contribution in [-0.2, 0) is 4.79 Å². The molecule has 0 saturated carbocycles. The Bertz CT molecular complexity index is 921. The van der Waals surface area contributed by atoms with E-state index < -0.39 is 6.04 Å². The molecule has 0 aliphatic carbocycles. The Kier molecular flexibility index (Phi) is 5.00. The summed E-state index contributed by atoms with van der Waals surface area (Å²) in [5.41, 5.74) is 4.55. The van der Waals surface area contributed by atoms with Gasteiger partial charge in [-0.2, -0.15) is 0 Å². The molecular weight excluding hydrogens is 350 g/mol. The van der Waals surface area contributed by atoms with Crippen molar-refractivity contribution in [3.05, 3.63) is 75.4 Å². The van der Waals surface area contributed by atoms with E-state index in [2.05, 4.69) is 16.0 Å². The van der Waals surface area contributed by atoms with Crippen LogP contribution in [0.25, 0.3) is 0 Å². The van der Waals surface area contributed by atoms with Crippen molar-refractivity contribution < 1.29 is 9.59 Å². The second-order valence-electron chi connectivity index (χ2n) is 6.40. The molecule has 0 bridgehead atoms. The van der Waals surface area contributed by atoms with Crippen molar-refractivity contribution in [2.75, 3.05) is 5.32 Å². The lowest BCUT2D eigenvalue weighted by atomic mass is 9.94. The van der Waals surface area contributed by atoms with Crippen LogP contribution in [-0.4, -0.2) is 11.9 Å². The third-order valence-corrected chi connectivity index (χ3v) is 4.56. The predicted octanol–water partition coefficient (Wildman–Crippen LogP) is 4.22. The zero-order valence-corrected chi connectivity index (χ0v) is 15.6. The lowest BCUT2D eigenvalue weighted by Gasteiger charge is -2.29. The Hall–Kier alpha value is -2.79. The molecule has 0 spiro atoms. The van der Waals surface area contributed by atoms with Gasteiger partial charge in [0, 0.05) is 16.4 Å². The number of benzene rings is 2. The summed E-state index contributed by atoms with van der Waals surface area (Å²) in [6, 6.07) is 12.0. The minimum absolute atomic E-state index is 0.271. The van der Waals surface area contributed by atoms with Crippen LogP contribution in [0, 0.1) is 13.8 Å². The number of carbonyl (C=O) groups is 2. The highest BCUT2D eigenvalue weighted by Gasteiger charge is 2.31. The largest absolute Gasteiger partial charge is 0.327 e. The van der Waals surface area contributed by atoms with Crippen LogP contribution in [0.3, 0.4) is 0 Å². The zero-order valence-electron chi connectivity index (χ0n) is 14.8. The summed E-state index contributed by atoms with van der Waals surface area (Å²) in [4.78, 5) is 24.9. The number of halogens is 1. The minimum atomic E-state index is -0.576. The number of anilines is 1. The quantitative estimate of drug-likeness (QED) is 0.757. The first-order valence-electron chi connectivity index (χ1n) is 8.27. The molecule has 3 amide bonds. The summed E-state index contributed by atoms with van der Waals surface area (Å²) in [7, 11) is 0. The van der Waals surface area contributed by atoms with Gasteiger partial charge in [0.1, 0.15) is 0 Å². The fourth-order valence-corrected chi connectivity index (χ4v) is 3.27. The van der Waals surface area contributed by atoms with E-state index in [0.29, 0.717) is 16.3 Å². The van der Waals surface area contributed by atoms with Crippen LogP contribution in [0.2, 0.25) is 5.02 Å². The van der Waals surface area contributed by atoms with Crippen molar-refractivity contribution in [3.63, 3.8) is 0 Å². The molecule has 1 aliphatic rings. The van der Waals surface area contributed by atoms with Crippen LogP contribution >= 0.6 is 11.6 Å². The molecule has 1 aliphatic heterocycles. The van der Waals surface area contributed by atoms with Gasteiger partial charge < -0.3 is 16.0 Å². The molecule has 3 N–H and O–H groups in total. The number of urea groups is 1. The van der Waals surface area contributed by atoms with Crippen molar-refractivity contribution >= 4 is 29.2 Å². The second kappa shape index (κ2) is 7.22. The lowest BCUT2D eigenvalue weighted by molar-refractivity contribution is -0.113. The minimum Gasteiger partial charge on any atom is -0.327 e. The van der Waals surface area contributed by atoms with Crippen molar-refractivity contribution in [1.29, 1.82) is 0 Å². The van der Waals surface area contributed by atoms with Gasteiger partial charge in [0.15, 0.2) is 0 Å². The first-order valence-corrected chi connectivity index (χ1v) is 8.65. The van der Waals surface area contributed by atoms with Crippen LogP contribution in [0.5, 0.6) is 0 Å². The molecule has 2 aromatic rings. The van der Waals surface area contributed by atoms with E-state index in [-0.39, 0.29) is 11.9 Å². The molecule has 3 rings (SSSR count). The molecule has 2 aromatic carbocycles. The van der Waals surface area contributed by atoms with Gasteiger partial charge in [-0.15, -0.1) is 0 Å². The number of nitrogens with one attached hydrogen (secondary N) is 3. The van der Waals surface area contributed by atoms with E-state index in [4.69, 9.17) is 11.6 Å². The van der Waals surface area contributed by atoms with Crippen molar-refractivity contribution in [1.82, 2.24) is 10.6 Å². The molecule has 6 heteroatoms. The lowest BCUT2D eigenvalue weighted by Crippen LogP contribution is -2.46. The molecule has 1 heterocycles. The summed E-state index contributed by atoms with van der Waals surface area (Å²) < 4.78 is 0. The molecule has 1 atom stereocenters. The molecule has 1 unspecified atom stereocenters. The molecule has 0 saturated heterocycles. The molecular formula is C20H20ClN3O2. The Morgan fingerprint density at radius 1 is 1.12 bits per heavy atom. The van der Waals surface area contributed by atoms with E-state index in [0.717, 1.165) is 22.4 Å². The van der Waals surface area contributed by atoms with Gasteiger partial charge in [0.05, 0.1) is 11.6 Å². The standard InChI is InChI=1S/C20H20ClN3O2/c1-11-7-8-16(12(2)9-11)23-19(25)17-13(3)22-20(26)24-18(17)14-5-4-6-15(21)10-14/h4-10,18H,1-3H3,(H,23,25)(H2,22,24,26). The van der Waals surface area contributed by atoms with Gasteiger partial charge in [-0.05, 0) is 50.1 Å². The summed E-state index contributed by atoms with van der Waals surface area (Å²) in [6.45, 7) is 5.66. The fraction of sp³-hybridized carbons (Fsp3) is 0.200. The molecule has 0 fully saturated rings. The second-order valence-corrected chi connectivity index (χ2v) is 6.83. The maximum atomic E-state index is 13.0. The molecule has 0 radical (unpaired) electrons. The first kappa shape index (κ1) is 18.0. The number of carbonyl (C=O) groups excluding carboxylic acids is 2. The predicted molar refractivity (Wildman–Crippen MR) is 103 cm³/mol. The van der Waals surface area contributed by atoms with Crippen LogP contribution < -0.4 is 16.0 Å². The van der Waals surface area contributed by atoms with Gasteiger partial charge in [0.2, 0.25) is 0 Å². The monoisotopic (exact) mass is 369 g/mol. The molecule has 26 heavy (non-hydrogen) atoms. The Morgan fingerprint density at radius 3 is 2.58 bits per heavy atom. The van der Waals surface area contributed by atoms with E-state index in [1.54, 1.807) is 25.1 Å². The number of rotatable bonds is 3. The highest BCUT2D eigenvalue weighted by Crippen LogP contribution is 2.29. The number of aryl methyl sites for hydroxylation is 2. The summed E-state index contributed by atoms with van der Waals surface area (Å²) in [6.07, 6.45) is 0. The Morgan fingerprint density at radius 2 is 1.88 bits per heavy atom. The molecule has 5 nitrogen and oxygen atoms in total. The average molecular weight is 370 g/mol. The van der Waals surface area contributed by atoms with E-state index >= 15 is 0 Å². The van der Waals surface area contributed by atoms with E-state index in [9.17, 15) is 9.59 Å². The van der Waals surface area contributed by atoms with E-state index in [1.807, 2.05) is 38.1 Å². The number of hydrogen-bond acceptors (Lipinski definition) is 2. The normalized spacial score (nSPS) is 16.8. The summed E-state index contributed by atoms with van der Waals surface area (Å²) in [5.74, 6) is -0.271. The van der Waals surface area contributed by atoms with Crippen LogP contribution in [0.1, 0.15) is 29.7 Å².